The van der Waals surface area contributed by atoms with Crippen molar-refractivity contribution in [2.75, 3.05) is 18.4 Å². The minimum absolute atomic E-state index is 0.0862. The van der Waals surface area contributed by atoms with Crippen LogP contribution in [0.3, 0.4) is 0 Å². The fraction of sp³-hybridized carbons (Fsp3) is 0.381. The van der Waals surface area contributed by atoms with Crippen LogP contribution in [0.25, 0.3) is 11.0 Å². The Morgan fingerprint density at radius 1 is 1.20 bits per heavy atom. The van der Waals surface area contributed by atoms with E-state index in [2.05, 4.69) is 20.2 Å². The number of aromatic nitrogens is 3. The Hall–Kier alpha value is -2.58. The van der Waals surface area contributed by atoms with Crippen LogP contribution >= 0.6 is 11.6 Å². The molecule has 3 aromatic rings. The number of para-hydroxylation sites is 2. The van der Waals surface area contributed by atoms with Crippen LogP contribution in [0.2, 0.25) is 5.02 Å². The predicted molar refractivity (Wildman–Crippen MR) is 112 cm³/mol. The number of benzene rings is 1. The maximum Gasteiger partial charge on any atom is 0.320 e. The van der Waals surface area contributed by atoms with Gasteiger partial charge >= 0.3 is 6.55 Å². The maximum absolute atomic E-state index is 13.8. The second-order valence-corrected chi connectivity index (χ2v) is 7.88. The second-order valence-electron chi connectivity index (χ2n) is 7.44. The van der Waals surface area contributed by atoms with Crippen molar-refractivity contribution >= 4 is 34.4 Å². The predicted octanol–water partition coefficient (Wildman–Crippen LogP) is 4.89. The molecular formula is C21H22ClF2N5O. The molecule has 1 aliphatic heterocycles. The number of fused-ring (bicyclic) bond motifs is 1. The van der Waals surface area contributed by atoms with Gasteiger partial charge < -0.3 is 5.32 Å². The van der Waals surface area contributed by atoms with E-state index in [1.807, 2.05) is 6.92 Å². The number of anilines is 1. The number of hydrogen-bond donors (Lipinski definition) is 1. The molecule has 9 heteroatoms. The molecule has 0 spiro atoms. The molecule has 1 fully saturated rings. The lowest BCUT2D eigenvalue weighted by molar-refractivity contribution is -0.121. The van der Waals surface area contributed by atoms with E-state index in [0.717, 1.165) is 4.57 Å². The van der Waals surface area contributed by atoms with E-state index in [0.29, 0.717) is 53.6 Å². The second kappa shape index (κ2) is 8.65. The van der Waals surface area contributed by atoms with Crippen LogP contribution in [-0.2, 0) is 4.79 Å². The molecule has 0 radical (unpaired) electrons. The number of rotatable bonds is 5. The third kappa shape index (κ3) is 4.15. The van der Waals surface area contributed by atoms with Gasteiger partial charge in [0.25, 0.3) is 0 Å². The van der Waals surface area contributed by atoms with Crippen molar-refractivity contribution in [3.8, 4) is 0 Å². The van der Waals surface area contributed by atoms with Crippen molar-refractivity contribution in [1.29, 1.82) is 0 Å². The summed E-state index contributed by atoms with van der Waals surface area (Å²) in [5.74, 6) is 0.571. The molecule has 158 valence electrons. The average molecular weight is 434 g/mol. The monoisotopic (exact) mass is 433 g/mol. The highest BCUT2D eigenvalue weighted by Gasteiger charge is 2.31. The molecule has 0 saturated carbocycles. The number of nitrogens with one attached hydrogen (secondary N) is 1. The van der Waals surface area contributed by atoms with E-state index in [-0.39, 0.29) is 17.9 Å². The standard InChI is InChI=1S/C21H22ClF2N5O/c1-13(19-26-16-4-2-3-5-17(16)29(19)21(23)24)28-10-8-14(9-11-28)20(30)27-18-7-6-15(22)12-25-18/h2-7,12-14,21H,8-11H2,1H3,(H,25,27,30). The first-order valence-corrected chi connectivity index (χ1v) is 10.2. The smallest absolute Gasteiger partial charge is 0.310 e. The molecular weight excluding hydrogens is 412 g/mol. The van der Waals surface area contributed by atoms with Gasteiger partial charge in [-0.3, -0.25) is 14.3 Å². The zero-order valence-corrected chi connectivity index (χ0v) is 17.2. The third-order valence-corrected chi connectivity index (χ3v) is 5.84. The highest BCUT2D eigenvalue weighted by atomic mass is 35.5. The summed E-state index contributed by atoms with van der Waals surface area (Å²) in [6.07, 6.45) is 2.76. The van der Waals surface area contributed by atoms with E-state index in [9.17, 15) is 13.6 Å². The Labute approximate surface area is 177 Å². The van der Waals surface area contributed by atoms with Gasteiger partial charge in [0, 0.05) is 12.1 Å². The Bertz CT molecular complexity index is 1030. The van der Waals surface area contributed by atoms with Crippen molar-refractivity contribution in [3.63, 3.8) is 0 Å². The normalized spacial score (nSPS) is 16.8. The number of alkyl halides is 2. The van der Waals surface area contributed by atoms with Gasteiger partial charge in [-0.25, -0.2) is 9.97 Å². The summed E-state index contributed by atoms with van der Waals surface area (Å²) >= 11 is 5.82. The maximum atomic E-state index is 13.8. The van der Waals surface area contributed by atoms with Crippen molar-refractivity contribution in [2.45, 2.75) is 32.4 Å². The summed E-state index contributed by atoms with van der Waals surface area (Å²) in [5, 5.41) is 3.32. The summed E-state index contributed by atoms with van der Waals surface area (Å²) in [6.45, 7) is 0.475. The third-order valence-electron chi connectivity index (χ3n) is 5.62. The Kier molecular flexibility index (Phi) is 5.97. The summed E-state index contributed by atoms with van der Waals surface area (Å²) in [5.41, 5.74) is 0.989. The SMILES string of the molecule is CC(c1nc2ccccc2n1C(F)F)N1CCC(C(=O)Nc2ccc(Cl)cn2)CC1. The minimum Gasteiger partial charge on any atom is -0.310 e. The van der Waals surface area contributed by atoms with Crippen LogP contribution in [0.15, 0.2) is 42.6 Å². The number of nitrogens with zero attached hydrogens (tertiary/aromatic N) is 4. The lowest BCUT2D eigenvalue weighted by Gasteiger charge is -2.35. The lowest BCUT2D eigenvalue weighted by Crippen LogP contribution is -2.40. The van der Waals surface area contributed by atoms with Gasteiger partial charge in [-0.2, -0.15) is 8.78 Å². The summed E-state index contributed by atoms with van der Waals surface area (Å²) in [4.78, 5) is 23.2. The van der Waals surface area contributed by atoms with Gasteiger partial charge in [-0.15, -0.1) is 0 Å². The molecule has 0 aliphatic carbocycles. The van der Waals surface area contributed by atoms with Gasteiger partial charge in [-0.05, 0) is 57.1 Å². The first-order valence-electron chi connectivity index (χ1n) is 9.85. The van der Waals surface area contributed by atoms with Gasteiger partial charge in [0.05, 0.1) is 22.1 Å². The highest BCUT2D eigenvalue weighted by Crippen LogP contribution is 2.32. The Morgan fingerprint density at radius 2 is 1.93 bits per heavy atom. The topological polar surface area (TPSA) is 63.1 Å². The van der Waals surface area contributed by atoms with Crippen LogP contribution in [-0.4, -0.2) is 38.4 Å². The number of pyridine rings is 1. The number of carbonyl (C=O) groups is 1. The van der Waals surface area contributed by atoms with Crippen molar-refractivity contribution in [3.05, 3.63) is 53.4 Å². The molecule has 1 amide bonds. The molecule has 1 saturated heterocycles. The fourth-order valence-corrected chi connectivity index (χ4v) is 4.07. The van der Waals surface area contributed by atoms with E-state index in [1.165, 1.54) is 6.20 Å². The summed E-state index contributed by atoms with van der Waals surface area (Å²) < 4.78 is 28.5. The molecule has 2 aromatic heterocycles. The molecule has 3 heterocycles. The number of piperidine rings is 1. The van der Waals surface area contributed by atoms with Crippen LogP contribution in [0.1, 0.15) is 38.2 Å². The average Bonchev–Trinajstić information content (AvgIpc) is 3.15. The van der Waals surface area contributed by atoms with Gasteiger partial charge in [0.1, 0.15) is 11.6 Å². The lowest BCUT2D eigenvalue weighted by atomic mass is 9.95. The molecule has 4 rings (SSSR count). The number of hydrogen-bond acceptors (Lipinski definition) is 4. The van der Waals surface area contributed by atoms with Crippen molar-refractivity contribution < 1.29 is 13.6 Å². The molecule has 1 aliphatic rings. The Balaban J connectivity index is 1.43. The number of halogens is 3. The number of amides is 1. The number of likely N-dealkylation sites (tertiary alicyclic amines) is 1. The van der Waals surface area contributed by atoms with Crippen LogP contribution in [0, 0.1) is 5.92 Å². The van der Waals surface area contributed by atoms with Crippen LogP contribution < -0.4 is 5.32 Å². The van der Waals surface area contributed by atoms with Crippen molar-refractivity contribution in [2.24, 2.45) is 5.92 Å². The summed E-state index contributed by atoms with van der Waals surface area (Å²) in [6, 6.07) is 9.97. The molecule has 1 N–H and O–H groups in total. The van der Waals surface area contributed by atoms with Gasteiger partial charge in [0.15, 0.2) is 0 Å². The zero-order valence-electron chi connectivity index (χ0n) is 16.4. The fourth-order valence-electron chi connectivity index (χ4n) is 3.95. The van der Waals surface area contributed by atoms with E-state index >= 15 is 0 Å². The van der Waals surface area contributed by atoms with Crippen LogP contribution in [0.5, 0.6) is 0 Å². The molecule has 6 nitrogen and oxygen atoms in total. The van der Waals surface area contributed by atoms with E-state index < -0.39 is 6.55 Å². The van der Waals surface area contributed by atoms with Crippen molar-refractivity contribution in [1.82, 2.24) is 19.4 Å². The molecule has 1 unspecified atom stereocenters. The molecule has 1 aromatic carbocycles. The first kappa shape index (κ1) is 20.7. The molecule has 30 heavy (non-hydrogen) atoms. The van der Waals surface area contributed by atoms with Gasteiger partial charge in [-0.1, -0.05) is 23.7 Å². The molecule has 0 bridgehead atoms. The van der Waals surface area contributed by atoms with Crippen LogP contribution in [0.4, 0.5) is 14.6 Å². The highest BCUT2D eigenvalue weighted by molar-refractivity contribution is 6.30. The largest absolute Gasteiger partial charge is 0.320 e. The van der Waals surface area contributed by atoms with E-state index in [1.54, 1.807) is 36.4 Å². The zero-order chi connectivity index (χ0) is 21.3. The minimum atomic E-state index is -2.66. The number of carbonyl (C=O) groups excluding carboxylic acids is 1. The van der Waals surface area contributed by atoms with Gasteiger partial charge in [0.2, 0.25) is 5.91 Å². The first-order chi connectivity index (χ1) is 14.4. The quantitative estimate of drug-likeness (QED) is 0.622. The van der Waals surface area contributed by atoms with E-state index in [4.69, 9.17) is 11.6 Å². The summed E-state index contributed by atoms with van der Waals surface area (Å²) in [7, 11) is 0. The Morgan fingerprint density at radius 3 is 2.60 bits per heavy atom. The molecule has 1 atom stereocenters. The number of imidazole rings is 1.